The molecule has 1 fully saturated rings. The maximum atomic E-state index is 11.8. The zero-order valence-corrected chi connectivity index (χ0v) is 11.6. The van der Waals surface area contributed by atoms with E-state index in [1.165, 1.54) is 7.11 Å². The molecule has 2 N–H and O–H groups in total. The van der Waals surface area contributed by atoms with Gasteiger partial charge in [0.2, 0.25) is 0 Å². The van der Waals surface area contributed by atoms with E-state index in [4.69, 9.17) is 15.2 Å². The molecule has 1 aliphatic carbocycles. The lowest BCUT2D eigenvalue weighted by Gasteiger charge is -2.35. The van der Waals surface area contributed by atoms with Crippen molar-refractivity contribution in [2.24, 2.45) is 16.6 Å². The molecule has 0 bridgehead atoms. The molecule has 0 aliphatic heterocycles. The molecule has 1 saturated carbocycles. The molecule has 0 aromatic rings. The predicted octanol–water partition coefficient (Wildman–Crippen LogP) is 1.72. The van der Waals surface area contributed by atoms with Crippen molar-refractivity contribution < 1.29 is 14.3 Å². The fraction of sp³-hybridized carbons (Fsp3) is 0.923. The van der Waals surface area contributed by atoms with Crippen LogP contribution in [0.25, 0.3) is 0 Å². The van der Waals surface area contributed by atoms with Gasteiger partial charge in [0.1, 0.15) is 12.1 Å². The molecule has 0 saturated heterocycles. The second kappa shape index (κ2) is 4.94. The SMILES string of the molecule is COC[C@H](N)C(=O)OC1C(C)(C)CCC1(C)C. The highest BCUT2D eigenvalue weighted by molar-refractivity contribution is 5.76. The summed E-state index contributed by atoms with van der Waals surface area (Å²) in [5.41, 5.74) is 5.72. The zero-order chi connectivity index (χ0) is 13.3. The molecule has 0 spiro atoms. The van der Waals surface area contributed by atoms with E-state index >= 15 is 0 Å². The van der Waals surface area contributed by atoms with Crippen LogP contribution in [0.4, 0.5) is 0 Å². The van der Waals surface area contributed by atoms with Gasteiger partial charge in [-0.2, -0.15) is 0 Å². The van der Waals surface area contributed by atoms with Crippen LogP contribution in [-0.2, 0) is 14.3 Å². The Morgan fingerprint density at radius 1 is 1.29 bits per heavy atom. The van der Waals surface area contributed by atoms with Crippen molar-refractivity contribution >= 4 is 5.97 Å². The Morgan fingerprint density at radius 3 is 2.18 bits per heavy atom. The number of rotatable bonds is 4. The number of esters is 1. The maximum absolute atomic E-state index is 11.8. The fourth-order valence-electron chi connectivity index (χ4n) is 2.73. The molecule has 0 heterocycles. The van der Waals surface area contributed by atoms with Crippen molar-refractivity contribution in [3.63, 3.8) is 0 Å². The van der Waals surface area contributed by atoms with E-state index in [0.717, 1.165) is 12.8 Å². The standard InChI is InChI=1S/C13H25NO3/c1-12(2)6-7-13(3,4)11(12)17-10(15)9(14)8-16-5/h9,11H,6-8,14H2,1-5H3/t9-/m0/s1. The van der Waals surface area contributed by atoms with Crippen molar-refractivity contribution in [3.8, 4) is 0 Å². The molecule has 1 atom stereocenters. The normalized spacial score (nSPS) is 24.6. The molecule has 0 unspecified atom stereocenters. The van der Waals surface area contributed by atoms with E-state index in [1.54, 1.807) is 0 Å². The molecule has 4 nitrogen and oxygen atoms in total. The molecule has 17 heavy (non-hydrogen) atoms. The molecule has 100 valence electrons. The largest absolute Gasteiger partial charge is 0.460 e. The third kappa shape index (κ3) is 3.19. The summed E-state index contributed by atoms with van der Waals surface area (Å²) in [4.78, 5) is 11.8. The second-order valence-corrected chi connectivity index (χ2v) is 6.36. The Kier molecular flexibility index (Phi) is 4.20. The lowest BCUT2D eigenvalue weighted by atomic mass is 9.81. The van der Waals surface area contributed by atoms with E-state index in [1.807, 2.05) is 0 Å². The topological polar surface area (TPSA) is 61.5 Å². The predicted molar refractivity (Wildman–Crippen MR) is 66.5 cm³/mol. The fourth-order valence-corrected chi connectivity index (χ4v) is 2.73. The van der Waals surface area contributed by atoms with Crippen molar-refractivity contribution in [1.82, 2.24) is 0 Å². The summed E-state index contributed by atoms with van der Waals surface area (Å²) in [6.07, 6.45) is 2.06. The molecule has 1 aliphatic rings. The van der Waals surface area contributed by atoms with Crippen LogP contribution in [-0.4, -0.2) is 31.8 Å². The van der Waals surface area contributed by atoms with Crippen LogP contribution in [0.2, 0.25) is 0 Å². The van der Waals surface area contributed by atoms with Gasteiger partial charge in [0, 0.05) is 17.9 Å². The number of methoxy groups -OCH3 is 1. The molecular weight excluding hydrogens is 218 g/mol. The molecule has 4 heteroatoms. The summed E-state index contributed by atoms with van der Waals surface area (Å²) in [5, 5.41) is 0. The van der Waals surface area contributed by atoms with Gasteiger partial charge in [0.05, 0.1) is 6.61 Å². The van der Waals surface area contributed by atoms with Crippen molar-refractivity contribution in [1.29, 1.82) is 0 Å². The maximum Gasteiger partial charge on any atom is 0.325 e. The minimum atomic E-state index is -0.688. The Hall–Kier alpha value is -0.610. The van der Waals surface area contributed by atoms with Gasteiger partial charge >= 0.3 is 5.97 Å². The lowest BCUT2D eigenvalue weighted by molar-refractivity contribution is -0.162. The zero-order valence-electron chi connectivity index (χ0n) is 11.6. The smallest absolute Gasteiger partial charge is 0.325 e. The summed E-state index contributed by atoms with van der Waals surface area (Å²) >= 11 is 0. The van der Waals surface area contributed by atoms with Gasteiger partial charge in [-0.25, -0.2) is 0 Å². The molecule has 0 radical (unpaired) electrons. The number of carbonyl (C=O) groups is 1. The van der Waals surface area contributed by atoms with E-state index in [9.17, 15) is 4.79 Å². The third-order valence-corrected chi connectivity index (χ3v) is 3.72. The van der Waals surface area contributed by atoms with E-state index < -0.39 is 6.04 Å². The van der Waals surface area contributed by atoms with Crippen LogP contribution in [0.15, 0.2) is 0 Å². The molecule has 1 rings (SSSR count). The van der Waals surface area contributed by atoms with Crippen LogP contribution in [0.5, 0.6) is 0 Å². The molecular formula is C13H25NO3. The number of hydrogen-bond acceptors (Lipinski definition) is 4. The first-order valence-electron chi connectivity index (χ1n) is 6.16. The number of hydrogen-bond donors (Lipinski definition) is 1. The van der Waals surface area contributed by atoms with Crippen molar-refractivity contribution in [2.45, 2.75) is 52.7 Å². The molecule has 0 aromatic carbocycles. The van der Waals surface area contributed by atoms with Gasteiger partial charge in [0.25, 0.3) is 0 Å². The average Bonchev–Trinajstić information content (AvgIpc) is 2.41. The van der Waals surface area contributed by atoms with Gasteiger partial charge in [-0.3, -0.25) is 4.79 Å². The van der Waals surface area contributed by atoms with Crippen LogP contribution in [0.1, 0.15) is 40.5 Å². The molecule has 0 aromatic heterocycles. The van der Waals surface area contributed by atoms with Gasteiger partial charge in [-0.05, 0) is 12.8 Å². The first-order chi connectivity index (χ1) is 7.70. The third-order valence-electron chi connectivity index (χ3n) is 3.72. The highest BCUT2D eigenvalue weighted by Gasteiger charge is 2.49. The Labute approximate surface area is 104 Å². The Morgan fingerprint density at radius 2 is 1.76 bits per heavy atom. The van der Waals surface area contributed by atoms with Gasteiger partial charge < -0.3 is 15.2 Å². The lowest BCUT2D eigenvalue weighted by Crippen LogP contribution is -2.44. The first kappa shape index (κ1) is 14.5. The number of ether oxygens (including phenoxy) is 2. The van der Waals surface area contributed by atoms with Gasteiger partial charge in [0.15, 0.2) is 0 Å². The van der Waals surface area contributed by atoms with Crippen LogP contribution < -0.4 is 5.73 Å². The quantitative estimate of drug-likeness (QED) is 0.764. The van der Waals surface area contributed by atoms with Gasteiger partial charge in [-0.1, -0.05) is 27.7 Å². The van der Waals surface area contributed by atoms with E-state index in [-0.39, 0.29) is 29.5 Å². The summed E-state index contributed by atoms with van der Waals surface area (Å²) in [6.45, 7) is 8.76. The highest BCUT2D eigenvalue weighted by Crippen LogP contribution is 2.50. The summed E-state index contributed by atoms with van der Waals surface area (Å²) in [7, 11) is 1.52. The summed E-state index contributed by atoms with van der Waals surface area (Å²) < 4.78 is 10.5. The monoisotopic (exact) mass is 243 g/mol. The highest BCUT2D eigenvalue weighted by atomic mass is 16.6. The van der Waals surface area contributed by atoms with Crippen LogP contribution in [0.3, 0.4) is 0 Å². The van der Waals surface area contributed by atoms with Gasteiger partial charge in [-0.15, -0.1) is 0 Å². The minimum Gasteiger partial charge on any atom is -0.460 e. The Bertz CT molecular complexity index is 270. The number of nitrogens with two attached hydrogens (primary N) is 1. The second-order valence-electron chi connectivity index (χ2n) is 6.36. The van der Waals surface area contributed by atoms with Crippen molar-refractivity contribution in [2.75, 3.05) is 13.7 Å². The molecule has 0 amide bonds. The average molecular weight is 243 g/mol. The van der Waals surface area contributed by atoms with E-state index in [2.05, 4.69) is 27.7 Å². The number of carbonyl (C=O) groups excluding carboxylic acids is 1. The van der Waals surface area contributed by atoms with Crippen LogP contribution in [0, 0.1) is 10.8 Å². The summed E-state index contributed by atoms with van der Waals surface area (Å²) in [6, 6.07) is -0.688. The Balaban J connectivity index is 2.69. The van der Waals surface area contributed by atoms with Crippen molar-refractivity contribution in [3.05, 3.63) is 0 Å². The van der Waals surface area contributed by atoms with Crippen LogP contribution >= 0.6 is 0 Å². The summed E-state index contributed by atoms with van der Waals surface area (Å²) in [5.74, 6) is -0.361. The van der Waals surface area contributed by atoms with E-state index in [0.29, 0.717) is 0 Å². The minimum absolute atomic E-state index is 0.0198. The first-order valence-corrected chi connectivity index (χ1v) is 6.16.